The molecule has 0 N–H and O–H groups in total. The van der Waals surface area contributed by atoms with Gasteiger partial charge in [-0.2, -0.15) is 0 Å². The molecule has 0 bridgehead atoms. The van der Waals surface area contributed by atoms with Crippen molar-refractivity contribution in [2.45, 2.75) is 0 Å². The van der Waals surface area contributed by atoms with Gasteiger partial charge in [0.1, 0.15) is 5.75 Å². The number of hydrogen-bond donors (Lipinski definition) is 0. The molecule has 6 heteroatoms. The van der Waals surface area contributed by atoms with Crippen LogP contribution in [-0.2, 0) is 4.74 Å². The molecule has 0 saturated carbocycles. The summed E-state index contributed by atoms with van der Waals surface area (Å²) in [4.78, 5) is 23.4. The Morgan fingerprint density at radius 3 is 2.29 bits per heavy atom. The van der Waals surface area contributed by atoms with Gasteiger partial charge >= 0.3 is 11.9 Å². The number of hydrogen-bond acceptors (Lipinski definition) is 4. The first kappa shape index (κ1) is 15.4. The summed E-state index contributed by atoms with van der Waals surface area (Å²) in [6.07, 6.45) is 0. The summed E-state index contributed by atoms with van der Waals surface area (Å²) in [5, 5.41) is 0.607. The molecule has 0 spiro atoms. The molecule has 0 saturated heterocycles. The van der Waals surface area contributed by atoms with Crippen LogP contribution in [0.5, 0.6) is 5.75 Å². The predicted octanol–water partition coefficient (Wildman–Crippen LogP) is 4.00. The van der Waals surface area contributed by atoms with E-state index in [1.165, 1.54) is 31.4 Å². The molecule has 21 heavy (non-hydrogen) atoms. The predicted molar refractivity (Wildman–Crippen MR) is 79.2 cm³/mol. The van der Waals surface area contributed by atoms with Crippen molar-refractivity contribution in [1.82, 2.24) is 0 Å². The molecular formula is C15H10Cl2O4. The second kappa shape index (κ2) is 6.61. The van der Waals surface area contributed by atoms with Gasteiger partial charge in [-0.05, 0) is 36.4 Å². The molecule has 0 aliphatic carbocycles. The highest BCUT2D eigenvalue weighted by Gasteiger charge is 2.12. The third kappa shape index (κ3) is 3.74. The summed E-state index contributed by atoms with van der Waals surface area (Å²) >= 11 is 11.6. The summed E-state index contributed by atoms with van der Waals surface area (Å²) in [7, 11) is 1.27. The zero-order chi connectivity index (χ0) is 15.4. The summed E-state index contributed by atoms with van der Waals surface area (Å²) in [5.41, 5.74) is 0.546. The van der Waals surface area contributed by atoms with Gasteiger partial charge in [-0.3, -0.25) is 0 Å². The minimum atomic E-state index is -0.601. The molecule has 108 valence electrons. The van der Waals surface area contributed by atoms with Crippen molar-refractivity contribution in [3.05, 3.63) is 63.6 Å². The lowest BCUT2D eigenvalue weighted by atomic mass is 10.2. The maximum absolute atomic E-state index is 12.0. The van der Waals surface area contributed by atoms with E-state index in [1.54, 1.807) is 18.2 Å². The molecule has 0 atom stereocenters. The van der Waals surface area contributed by atoms with Crippen LogP contribution < -0.4 is 4.74 Å². The first-order valence-corrected chi connectivity index (χ1v) is 6.62. The number of esters is 2. The second-order valence-electron chi connectivity index (χ2n) is 4.04. The van der Waals surface area contributed by atoms with Gasteiger partial charge in [0.15, 0.2) is 0 Å². The van der Waals surface area contributed by atoms with Crippen LogP contribution in [0.3, 0.4) is 0 Å². The van der Waals surface area contributed by atoms with Gasteiger partial charge in [-0.1, -0.05) is 29.3 Å². The highest BCUT2D eigenvalue weighted by atomic mass is 35.5. The van der Waals surface area contributed by atoms with Crippen molar-refractivity contribution >= 4 is 35.1 Å². The van der Waals surface area contributed by atoms with Gasteiger partial charge in [0, 0.05) is 0 Å². The van der Waals surface area contributed by atoms with Crippen LogP contribution >= 0.6 is 23.2 Å². The van der Waals surface area contributed by atoms with E-state index in [0.717, 1.165) is 0 Å². The van der Waals surface area contributed by atoms with E-state index in [1.807, 2.05) is 0 Å². The van der Waals surface area contributed by atoms with E-state index >= 15 is 0 Å². The zero-order valence-corrected chi connectivity index (χ0v) is 12.4. The van der Waals surface area contributed by atoms with Gasteiger partial charge in [-0.15, -0.1) is 0 Å². The molecular weight excluding hydrogens is 315 g/mol. The van der Waals surface area contributed by atoms with E-state index < -0.39 is 11.9 Å². The normalized spacial score (nSPS) is 10.0. The lowest BCUT2D eigenvalue weighted by Gasteiger charge is -2.06. The Kier molecular flexibility index (Phi) is 4.83. The van der Waals surface area contributed by atoms with E-state index in [0.29, 0.717) is 5.02 Å². The molecule has 2 aromatic rings. The number of carbonyl (C=O) groups excluding carboxylic acids is 2. The molecule has 0 heterocycles. The Balaban J connectivity index is 2.19. The molecule has 2 aromatic carbocycles. The largest absolute Gasteiger partial charge is 0.465 e. The van der Waals surface area contributed by atoms with Crippen molar-refractivity contribution in [3.8, 4) is 5.75 Å². The summed E-state index contributed by atoms with van der Waals surface area (Å²) in [5.74, 6) is -0.882. The van der Waals surface area contributed by atoms with E-state index in [4.69, 9.17) is 27.9 Å². The standard InChI is InChI=1S/C15H10Cl2O4/c1-20-14(18)9-3-2-4-11(7-9)21-15(19)10-5-6-12(16)13(17)8-10/h2-8H,1H3. The molecule has 0 unspecified atom stereocenters. The molecule has 0 amide bonds. The van der Waals surface area contributed by atoms with Crippen LogP contribution in [0.25, 0.3) is 0 Å². The average molecular weight is 325 g/mol. The Morgan fingerprint density at radius 2 is 1.62 bits per heavy atom. The third-order valence-corrected chi connectivity index (χ3v) is 3.36. The second-order valence-corrected chi connectivity index (χ2v) is 4.85. The lowest BCUT2D eigenvalue weighted by Crippen LogP contribution is -2.09. The zero-order valence-electron chi connectivity index (χ0n) is 10.9. The number of rotatable bonds is 3. The van der Waals surface area contributed by atoms with Crippen LogP contribution in [0, 0.1) is 0 Å². The molecule has 0 aliphatic rings. The molecule has 0 aliphatic heterocycles. The fraction of sp³-hybridized carbons (Fsp3) is 0.0667. The maximum Gasteiger partial charge on any atom is 0.343 e. The van der Waals surface area contributed by atoms with Crippen LogP contribution in [0.2, 0.25) is 10.0 Å². The van der Waals surface area contributed by atoms with Crippen molar-refractivity contribution in [3.63, 3.8) is 0 Å². The Bertz CT molecular complexity index is 698. The van der Waals surface area contributed by atoms with Crippen molar-refractivity contribution in [1.29, 1.82) is 0 Å². The van der Waals surface area contributed by atoms with Crippen LogP contribution in [0.15, 0.2) is 42.5 Å². The number of ether oxygens (including phenoxy) is 2. The molecule has 4 nitrogen and oxygen atoms in total. The molecule has 0 fully saturated rings. The van der Waals surface area contributed by atoms with Crippen LogP contribution in [0.4, 0.5) is 0 Å². The molecule has 0 aromatic heterocycles. The molecule has 0 radical (unpaired) electrons. The summed E-state index contributed by atoms with van der Waals surface area (Å²) in [6.45, 7) is 0. The smallest absolute Gasteiger partial charge is 0.343 e. The fourth-order valence-electron chi connectivity index (χ4n) is 1.59. The van der Waals surface area contributed by atoms with E-state index in [2.05, 4.69) is 4.74 Å². The summed E-state index contributed by atoms with van der Waals surface area (Å²) < 4.78 is 9.78. The highest BCUT2D eigenvalue weighted by Crippen LogP contribution is 2.23. The van der Waals surface area contributed by atoms with Gasteiger partial charge < -0.3 is 9.47 Å². The lowest BCUT2D eigenvalue weighted by molar-refractivity contribution is 0.0597. The van der Waals surface area contributed by atoms with Gasteiger partial charge in [0.2, 0.25) is 0 Å². The Morgan fingerprint density at radius 1 is 0.905 bits per heavy atom. The Hall–Kier alpha value is -2.04. The first-order valence-electron chi connectivity index (χ1n) is 5.87. The average Bonchev–Trinajstić information content (AvgIpc) is 2.49. The number of benzene rings is 2. The fourth-order valence-corrected chi connectivity index (χ4v) is 1.89. The van der Waals surface area contributed by atoms with Crippen molar-refractivity contribution < 1.29 is 19.1 Å². The van der Waals surface area contributed by atoms with Crippen molar-refractivity contribution in [2.24, 2.45) is 0 Å². The monoisotopic (exact) mass is 324 g/mol. The van der Waals surface area contributed by atoms with Gasteiger partial charge in [0.25, 0.3) is 0 Å². The van der Waals surface area contributed by atoms with E-state index in [9.17, 15) is 9.59 Å². The molecule has 2 rings (SSSR count). The first-order chi connectivity index (χ1) is 10.0. The number of carbonyl (C=O) groups is 2. The highest BCUT2D eigenvalue weighted by molar-refractivity contribution is 6.42. The van der Waals surface area contributed by atoms with Gasteiger partial charge in [0.05, 0.1) is 28.3 Å². The summed E-state index contributed by atoms with van der Waals surface area (Å²) in [6, 6.07) is 10.5. The van der Waals surface area contributed by atoms with E-state index in [-0.39, 0.29) is 21.9 Å². The Labute approximate surface area is 131 Å². The van der Waals surface area contributed by atoms with Gasteiger partial charge in [-0.25, -0.2) is 9.59 Å². The SMILES string of the molecule is COC(=O)c1cccc(OC(=O)c2ccc(Cl)c(Cl)c2)c1. The minimum absolute atomic E-state index is 0.231. The topological polar surface area (TPSA) is 52.6 Å². The van der Waals surface area contributed by atoms with Crippen LogP contribution in [-0.4, -0.2) is 19.0 Å². The maximum atomic E-state index is 12.0. The number of methoxy groups -OCH3 is 1. The quantitative estimate of drug-likeness (QED) is 0.632. The number of halogens is 2. The van der Waals surface area contributed by atoms with Crippen molar-refractivity contribution in [2.75, 3.05) is 7.11 Å². The van der Waals surface area contributed by atoms with Crippen LogP contribution in [0.1, 0.15) is 20.7 Å². The third-order valence-electron chi connectivity index (χ3n) is 2.62. The minimum Gasteiger partial charge on any atom is -0.465 e.